The van der Waals surface area contributed by atoms with E-state index in [1.165, 1.54) is 18.2 Å². The number of nitro benzene ring substituents is 1. The molecule has 1 aromatic rings. The molecule has 0 unspecified atom stereocenters. The fraction of sp³-hybridized carbons (Fsp3) is 0.154. The summed E-state index contributed by atoms with van der Waals surface area (Å²) in [7, 11) is 0. The minimum atomic E-state index is -1.63. The van der Waals surface area contributed by atoms with Crippen LogP contribution in [0, 0.1) is 44.1 Å². The number of nitro groups is 1. The van der Waals surface area contributed by atoms with E-state index in [4.69, 9.17) is 21.0 Å². The van der Waals surface area contributed by atoms with Crippen LogP contribution in [0.3, 0.4) is 0 Å². The monoisotopic (exact) mass is 281 g/mol. The summed E-state index contributed by atoms with van der Waals surface area (Å²) in [5, 5.41) is 37.6. The quantitative estimate of drug-likeness (QED) is 0.377. The number of epoxide rings is 1. The first-order valence-electron chi connectivity index (χ1n) is 5.64. The Balaban J connectivity index is 2.44. The predicted molar refractivity (Wildman–Crippen MR) is 67.7 cm³/mol. The molecule has 8 nitrogen and oxygen atoms in total. The largest absolute Gasteiger partial charge is 0.397 e. The lowest BCUT2D eigenvalue weighted by Gasteiger charge is -2.04. The van der Waals surface area contributed by atoms with Crippen LogP contribution in [0.4, 0.5) is 5.69 Å². The van der Waals surface area contributed by atoms with Gasteiger partial charge in [0.05, 0.1) is 10.6 Å². The molecule has 2 atom stereocenters. The molecule has 1 fully saturated rings. The Hall–Kier alpha value is -3.41. The van der Waals surface area contributed by atoms with Gasteiger partial charge in [0.2, 0.25) is 5.60 Å². The minimum absolute atomic E-state index is 0.154. The third kappa shape index (κ3) is 2.14. The summed E-state index contributed by atoms with van der Waals surface area (Å²) in [6.45, 7) is 0. The van der Waals surface area contributed by atoms with Crippen molar-refractivity contribution < 1.29 is 9.66 Å². The van der Waals surface area contributed by atoms with Gasteiger partial charge in [-0.2, -0.15) is 15.8 Å². The highest BCUT2D eigenvalue weighted by atomic mass is 16.6. The number of nitrogens with zero attached hydrogens (tertiary/aromatic N) is 4. The number of ether oxygens (including phenoxy) is 1. The molecule has 1 aliphatic rings. The van der Waals surface area contributed by atoms with Crippen molar-refractivity contribution in [2.45, 2.75) is 11.7 Å². The lowest BCUT2D eigenvalue weighted by Crippen LogP contribution is -2.22. The molecule has 0 aliphatic carbocycles. The van der Waals surface area contributed by atoms with Gasteiger partial charge in [-0.3, -0.25) is 10.1 Å². The number of benzene rings is 1. The van der Waals surface area contributed by atoms with Crippen LogP contribution >= 0.6 is 0 Å². The first-order valence-corrected chi connectivity index (χ1v) is 5.64. The van der Waals surface area contributed by atoms with Crippen molar-refractivity contribution in [1.82, 2.24) is 0 Å². The van der Waals surface area contributed by atoms with Gasteiger partial charge >= 0.3 is 0 Å². The molecule has 0 spiro atoms. The van der Waals surface area contributed by atoms with E-state index in [9.17, 15) is 15.4 Å². The molecule has 0 amide bonds. The Kier molecular flexibility index (Phi) is 3.29. The number of nitrogens with two attached hydrogens (primary N) is 1. The van der Waals surface area contributed by atoms with Crippen molar-refractivity contribution in [3.8, 4) is 18.2 Å². The van der Waals surface area contributed by atoms with E-state index in [1.54, 1.807) is 18.2 Å². The van der Waals surface area contributed by atoms with E-state index in [2.05, 4.69) is 0 Å². The molecule has 2 rings (SSSR count). The molecule has 1 aromatic carbocycles. The predicted octanol–water partition coefficient (Wildman–Crippen LogP) is 1.19. The normalized spacial score (nSPS) is 22.2. The molecule has 21 heavy (non-hydrogen) atoms. The Morgan fingerprint density at radius 2 is 2.05 bits per heavy atom. The van der Waals surface area contributed by atoms with Crippen molar-refractivity contribution in [1.29, 1.82) is 15.8 Å². The summed E-state index contributed by atoms with van der Waals surface area (Å²) < 4.78 is 5.25. The lowest BCUT2D eigenvalue weighted by atomic mass is 9.95. The van der Waals surface area contributed by atoms with Crippen LogP contribution in [0.2, 0.25) is 0 Å². The van der Waals surface area contributed by atoms with Gasteiger partial charge in [0.25, 0.3) is 5.69 Å². The Bertz CT molecular complexity index is 764. The molecule has 8 heteroatoms. The molecular weight excluding hydrogens is 274 g/mol. The Morgan fingerprint density at radius 1 is 1.38 bits per heavy atom. The first-order chi connectivity index (χ1) is 10.00. The van der Waals surface area contributed by atoms with Crippen LogP contribution in [0.25, 0.3) is 0 Å². The van der Waals surface area contributed by atoms with Gasteiger partial charge in [-0.1, -0.05) is 12.1 Å². The van der Waals surface area contributed by atoms with Crippen molar-refractivity contribution in [3.63, 3.8) is 0 Å². The van der Waals surface area contributed by atoms with E-state index in [0.29, 0.717) is 5.56 Å². The maximum absolute atomic E-state index is 10.7. The van der Waals surface area contributed by atoms with Crippen LogP contribution in [0.1, 0.15) is 11.7 Å². The summed E-state index contributed by atoms with van der Waals surface area (Å²) >= 11 is 0. The maximum Gasteiger partial charge on any atom is 0.269 e. The van der Waals surface area contributed by atoms with Crippen molar-refractivity contribution in [3.05, 3.63) is 51.2 Å². The van der Waals surface area contributed by atoms with Crippen molar-refractivity contribution >= 4 is 5.69 Å². The maximum atomic E-state index is 10.7. The number of non-ortho nitro benzene ring substituents is 1. The number of allylic oxidation sites excluding steroid dienone is 1. The van der Waals surface area contributed by atoms with Crippen molar-refractivity contribution in [2.24, 2.45) is 5.73 Å². The van der Waals surface area contributed by atoms with Gasteiger partial charge < -0.3 is 10.5 Å². The molecule has 0 aromatic heterocycles. The highest BCUT2D eigenvalue weighted by molar-refractivity contribution is 5.52. The van der Waals surface area contributed by atoms with Gasteiger partial charge in [0.1, 0.15) is 24.3 Å². The molecule has 1 aliphatic heterocycles. The zero-order chi connectivity index (χ0) is 15.6. The summed E-state index contributed by atoms with van der Waals surface area (Å²) in [6.07, 6.45) is -0.848. The van der Waals surface area contributed by atoms with Gasteiger partial charge in [-0.05, 0) is 5.56 Å². The highest BCUT2D eigenvalue weighted by Crippen LogP contribution is 2.53. The first kappa shape index (κ1) is 14.0. The molecule has 0 saturated carbocycles. The third-order valence-corrected chi connectivity index (χ3v) is 3.06. The average molecular weight is 281 g/mol. The standard InChI is InChI=1S/C13H7N5O3/c14-5-9(6-15)11(17)13(7-16)12(21-13)8-2-1-3-10(4-8)18(19)20/h1-4,12H,17H2/t12-,13+/m1/s1. The molecule has 2 N–H and O–H groups in total. The van der Waals surface area contributed by atoms with Gasteiger partial charge in [0, 0.05) is 12.1 Å². The van der Waals surface area contributed by atoms with Crippen LogP contribution in [-0.2, 0) is 4.74 Å². The van der Waals surface area contributed by atoms with E-state index in [-0.39, 0.29) is 11.4 Å². The molecular formula is C13H7N5O3. The van der Waals surface area contributed by atoms with Gasteiger partial charge in [0.15, 0.2) is 5.57 Å². The Morgan fingerprint density at radius 3 is 2.57 bits per heavy atom. The molecule has 0 radical (unpaired) electrons. The van der Waals surface area contributed by atoms with Crippen LogP contribution in [0.15, 0.2) is 35.5 Å². The molecule has 1 heterocycles. The second-order valence-corrected chi connectivity index (χ2v) is 4.21. The van der Waals surface area contributed by atoms with E-state index in [1.807, 2.05) is 6.07 Å². The lowest BCUT2D eigenvalue weighted by molar-refractivity contribution is -0.384. The van der Waals surface area contributed by atoms with Crippen molar-refractivity contribution in [2.75, 3.05) is 0 Å². The summed E-state index contributed by atoms with van der Waals surface area (Å²) in [5.74, 6) is 0. The summed E-state index contributed by atoms with van der Waals surface area (Å²) in [4.78, 5) is 10.2. The average Bonchev–Trinajstić information content (AvgIpc) is 3.24. The van der Waals surface area contributed by atoms with Gasteiger partial charge in [-0.15, -0.1) is 0 Å². The summed E-state index contributed by atoms with van der Waals surface area (Å²) in [5.41, 5.74) is 3.57. The number of hydrogen-bond donors (Lipinski definition) is 1. The minimum Gasteiger partial charge on any atom is -0.397 e. The number of nitriles is 3. The highest BCUT2D eigenvalue weighted by Gasteiger charge is 2.62. The van der Waals surface area contributed by atoms with Crippen LogP contribution in [0.5, 0.6) is 0 Å². The second-order valence-electron chi connectivity index (χ2n) is 4.21. The molecule has 0 bridgehead atoms. The molecule has 1 saturated heterocycles. The fourth-order valence-corrected chi connectivity index (χ4v) is 1.94. The van der Waals surface area contributed by atoms with Gasteiger partial charge in [-0.25, -0.2) is 0 Å². The topological polar surface area (TPSA) is 153 Å². The fourth-order valence-electron chi connectivity index (χ4n) is 1.94. The van der Waals surface area contributed by atoms with E-state index >= 15 is 0 Å². The third-order valence-electron chi connectivity index (χ3n) is 3.06. The SMILES string of the molecule is N#CC(C#N)=C(N)[C@]1(C#N)O[C@@H]1c1cccc([N+](=O)[O-])c1. The zero-order valence-electron chi connectivity index (χ0n) is 10.5. The number of hydrogen-bond acceptors (Lipinski definition) is 7. The van der Waals surface area contributed by atoms with Crippen LogP contribution in [-0.4, -0.2) is 10.5 Å². The second kappa shape index (κ2) is 4.93. The Labute approximate surface area is 119 Å². The smallest absolute Gasteiger partial charge is 0.269 e. The van der Waals surface area contributed by atoms with Crippen LogP contribution < -0.4 is 5.73 Å². The van der Waals surface area contributed by atoms with E-state index < -0.39 is 22.2 Å². The summed E-state index contributed by atoms with van der Waals surface area (Å²) in [6, 6.07) is 10.6. The van der Waals surface area contributed by atoms with E-state index in [0.717, 1.165) is 0 Å². The number of rotatable bonds is 3. The molecule has 102 valence electrons. The zero-order valence-corrected chi connectivity index (χ0v) is 10.5.